The van der Waals surface area contributed by atoms with Crippen LogP contribution in [0, 0.1) is 12.8 Å². The third-order valence-corrected chi connectivity index (χ3v) is 5.05. The van der Waals surface area contributed by atoms with Gasteiger partial charge in [-0.05, 0) is 56.8 Å². The summed E-state index contributed by atoms with van der Waals surface area (Å²) in [5.74, 6) is 0.682. The third kappa shape index (κ3) is 3.82. The Labute approximate surface area is 139 Å². The molecule has 2 heterocycles. The number of nitrogens with zero attached hydrogens (tertiary/aromatic N) is 3. The average molecular weight is 312 g/mol. The molecule has 4 nitrogen and oxygen atoms in total. The predicted octanol–water partition coefficient (Wildman–Crippen LogP) is 2.95. The van der Waals surface area contributed by atoms with Crippen LogP contribution in [0.3, 0.4) is 0 Å². The van der Waals surface area contributed by atoms with Crippen LogP contribution < -0.4 is 5.73 Å². The van der Waals surface area contributed by atoms with Gasteiger partial charge in [-0.1, -0.05) is 23.8 Å². The molecule has 4 heteroatoms. The van der Waals surface area contributed by atoms with E-state index in [1.165, 1.54) is 35.1 Å². The van der Waals surface area contributed by atoms with Crippen LogP contribution in [-0.2, 0) is 13.6 Å². The van der Waals surface area contributed by atoms with Crippen LogP contribution in [0.25, 0.3) is 11.1 Å². The van der Waals surface area contributed by atoms with Gasteiger partial charge >= 0.3 is 0 Å². The Morgan fingerprint density at radius 1 is 1.30 bits per heavy atom. The Morgan fingerprint density at radius 3 is 2.65 bits per heavy atom. The van der Waals surface area contributed by atoms with E-state index in [1.807, 2.05) is 17.9 Å². The van der Waals surface area contributed by atoms with Gasteiger partial charge in [0.05, 0.1) is 6.20 Å². The van der Waals surface area contributed by atoms with E-state index in [9.17, 15) is 0 Å². The molecule has 0 spiro atoms. The number of rotatable bonds is 4. The molecule has 1 atom stereocenters. The molecular weight excluding hydrogens is 284 g/mol. The van der Waals surface area contributed by atoms with E-state index in [0.29, 0.717) is 12.0 Å². The summed E-state index contributed by atoms with van der Waals surface area (Å²) in [4.78, 5) is 2.56. The lowest BCUT2D eigenvalue weighted by Gasteiger charge is -2.34. The van der Waals surface area contributed by atoms with E-state index in [4.69, 9.17) is 5.73 Å². The SMILES string of the molecule is Cc1ccc(CN2CCC(C(C)N)CC2)c(-c2cnn(C)c2)c1. The van der Waals surface area contributed by atoms with E-state index in [2.05, 4.69) is 48.2 Å². The fourth-order valence-electron chi connectivity index (χ4n) is 3.53. The van der Waals surface area contributed by atoms with Crippen molar-refractivity contribution >= 4 is 0 Å². The number of aromatic nitrogens is 2. The van der Waals surface area contributed by atoms with Crippen LogP contribution in [0.15, 0.2) is 30.6 Å². The zero-order valence-corrected chi connectivity index (χ0v) is 14.5. The van der Waals surface area contributed by atoms with Crippen LogP contribution in [0.4, 0.5) is 0 Å². The maximum Gasteiger partial charge on any atom is 0.0568 e. The number of hydrogen-bond acceptors (Lipinski definition) is 3. The maximum absolute atomic E-state index is 6.06. The summed E-state index contributed by atoms with van der Waals surface area (Å²) in [5.41, 5.74) is 11.3. The number of benzene rings is 1. The third-order valence-electron chi connectivity index (χ3n) is 5.05. The van der Waals surface area contributed by atoms with Crippen molar-refractivity contribution in [3.63, 3.8) is 0 Å². The molecule has 23 heavy (non-hydrogen) atoms. The van der Waals surface area contributed by atoms with Gasteiger partial charge in [0.2, 0.25) is 0 Å². The molecule has 124 valence electrons. The quantitative estimate of drug-likeness (QED) is 0.944. The number of likely N-dealkylation sites (tertiary alicyclic amines) is 1. The van der Waals surface area contributed by atoms with Gasteiger partial charge < -0.3 is 5.73 Å². The highest BCUT2D eigenvalue weighted by Gasteiger charge is 2.22. The summed E-state index contributed by atoms with van der Waals surface area (Å²) < 4.78 is 1.87. The molecule has 1 aliphatic rings. The van der Waals surface area contributed by atoms with Gasteiger partial charge in [0, 0.05) is 31.4 Å². The van der Waals surface area contributed by atoms with Crippen molar-refractivity contribution in [3.05, 3.63) is 41.7 Å². The highest BCUT2D eigenvalue weighted by molar-refractivity contribution is 5.66. The summed E-state index contributed by atoms with van der Waals surface area (Å²) in [6.45, 7) is 7.59. The Balaban J connectivity index is 1.76. The predicted molar refractivity (Wildman–Crippen MR) is 95.0 cm³/mol. The summed E-state index contributed by atoms with van der Waals surface area (Å²) in [6.07, 6.45) is 6.48. The van der Waals surface area contributed by atoms with Crippen molar-refractivity contribution in [1.82, 2.24) is 14.7 Å². The Hall–Kier alpha value is -1.65. The zero-order valence-electron chi connectivity index (χ0n) is 14.5. The minimum atomic E-state index is 0.322. The molecule has 1 fully saturated rings. The lowest BCUT2D eigenvalue weighted by Crippen LogP contribution is -2.39. The van der Waals surface area contributed by atoms with Crippen molar-refractivity contribution < 1.29 is 0 Å². The average Bonchev–Trinajstić information content (AvgIpc) is 2.96. The molecule has 0 bridgehead atoms. The van der Waals surface area contributed by atoms with Gasteiger partial charge in [0.25, 0.3) is 0 Å². The maximum atomic E-state index is 6.06. The van der Waals surface area contributed by atoms with Crippen LogP contribution in [0.1, 0.15) is 30.9 Å². The van der Waals surface area contributed by atoms with Crippen LogP contribution in [0.5, 0.6) is 0 Å². The second-order valence-electron chi connectivity index (χ2n) is 7.04. The number of piperidine rings is 1. The standard InChI is InChI=1S/C19H28N4/c1-14-4-5-17(19(10-14)18-11-21-22(3)12-18)13-23-8-6-16(7-9-23)15(2)20/h4-5,10-12,15-16H,6-9,13,20H2,1-3H3. The molecule has 0 saturated carbocycles. The van der Waals surface area contributed by atoms with Gasteiger partial charge in [-0.2, -0.15) is 5.10 Å². The van der Waals surface area contributed by atoms with Crippen LogP contribution in [-0.4, -0.2) is 33.8 Å². The smallest absolute Gasteiger partial charge is 0.0568 e. The van der Waals surface area contributed by atoms with Crippen molar-refractivity contribution in [1.29, 1.82) is 0 Å². The van der Waals surface area contributed by atoms with E-state index in [-0.39, 0.29) is 0 Å². The fourth-order valence-corrected chi connectivity index (χ4v) is 3.53. The lowest BCUT2D eigenvalue weighted by molar-refractivity contribution is 0.166. The Morgan fingerprint density at radius 2 is 2.04 bits per heavy atom. The van der Waals surface area contributed by atoms with E-state index >= 15 is 0 Å². The van der Waals surface area contributed by atoms with Gasteiger partial charge in [-0.15, -0.1) is 0 Å². The molecule has 1 aromatic carbocycles. The van der Waals surface area contributed by atoms with Gasteiger partial charge in [0.15, 0.2) is 0 Å². The summed E-state index contributed by atoms with van der Waals surface area (Å²) >= 11 is 0. The largest absolute Gasteiger partial charge is 0.328 e. The molecular formula is C19H28N4. The van der Waals surface area contributed by atoms with Gasteiger partial charge in [-0.25, -0.2) is 0 Å². The van der Waals surface area contributed by atoms with Crippen molar-refractivity contribution in [2.45, 2.75) is 39.3 Å². The minimum Gasteiger partial charge on any atom is -0.328 e. The molecule has 1 unspecified atom stereocenters. The van der Waals surface area contributed by atoms with Gasteiger partial charge in [-0.3, -0.25) is 9.58 Å². The molecule has 1 aliphatic heterocycles. The summed E-state index contributed by atoms with van der Waals surface area (Å²) in [6, 6.07) is 7.09. The second kappa shape index (κ2) is 6.85. The second-order valence-corrected chi connectivity index (χ2v) is 7.04. The number of nitrogens with two attached hydrogens (primary N) is 1. The molecule has 2 aromatic rings. The first-order valence-electron chi connectivity index (χ1n) is 8.59. The molecule has 2 N–H and O–H groups in total. The van der Waals surface area contributed by atoms with Crippen molar-refractivity contribution in [2.24, 2.45) is 18.7 Å². The molecule has 1 saturated heterocycles. The van der Waals surface area contributed by atoms with Crippen LogP contribution in [0.2, 0.25) is 0 Å². The van der Waals surface area contributed by atoms with Crippen molar-refractivity contribution in [3.8, 4) is 11.1 Å². The Kier molecular flexibility index (Phi) is 4.83. The van der Waals surface area contributed by atoms with E-state index < -0.39 is 0 Å². The molecule has 0 radical (unpaired) electrons. The van der Waals surface area contributed by atoms with Crippen LogP contribution >= 0.6 is 0 Å². The first-order valence-corrected chi connectivity index (χ1v) is 8.59. The Bertz CT molecular complexity index is 651. The molecule has 3 rings (SSSR count). The molecule has 0 amide bonds. The number of hydrogen-bond donors (Lipinski definition) is 1. The van der Waals surface area contributed by atoms with Crippen molar-refractivity contribution in [2.75, 3.05) is 13.1 Å². The fraction of sp³-hybridized carbons (Fsp3) is 0.526. The summed E-state index contributed by atoms with van der Waals surface area (Å²) in [7, 11) is 1.97. The molecule has 0 aliphatic carbocycles. The highest BCUT2D eigenvalue weighted by Crippen LogP contribution is 2.27. The highest BCUT2D eigenvalue weighted by atomic mass is 15.2. The first kappa shape index (κ1) is 16.2. The first-order chi connectivity index (χ1) is 11.0. The summed E-state index contributed by atoms with van der Waals surface area (Å²) in [5, 5.41) is 4.33. The normalized spacial score (nSPS) is 18.3. The monoisotopic (exact) mass is 312 g/mol. The van der Waals surface area contributed by atoms with E-state index in [0.717, 1.165) is 19.6 Å². The topological polar surface area (TPSA) is 47.1 Å². The van der Waals surface area contributed by atoms with Gasteiger partial charge in [0.1, 0.15) is 0 Å². The minimum absolute atomic E-state index is 0.322. The number of aryl methyl sites for hydroxylation is 2. The zero-order chi connectivity index (χ0) is 16.4. The lowest BCUT2D eigenvalue weighted by atomic mass is 9.90. The molecule has 1 aromatic heterocycles. The van der Waals surface area contributed by atoms with E-state index in [1.54, 1.807) is 0 Å².